The van der Waals surface area contributed by atoms with Crippen LogP contribution in [0.2, 0.25) is 0 Å². The molecule has 1 aromatic heterocycles. The van der Waals surface area contributed by atoms with Crippen molar-refractivity contribution in [3.05, 3.63) is 24.4 Å². The number of nitrogens with one attached hydrogen (secondary N) is 1. The Hall–Kier alpha value is -1.01. The summed E-state index contributed by atoms with van der Waals surface area (Å²) < 4.78 is 0. The minimum absolute atomic E-state index is 0.195. The summed E-state index contributed by atoms with van der Waals surface area (Å²) in [5.74, 6) is -0.396. The molecule has 0 radical (unpaired) electrons. The minimum Gasteiger partial charge on any atom is -0.295 e. The van der Waals surface area contributed by atoms with E-state index in [-0.39, 0.29) is 23.5 Å². The van der Waals surface area contributed by atoms with Crippen LogP contribution in [0.1, 0.15) is 6.42 Å². The van der Waals surface area contributed by atoms with Crippen molar-refractivity contribution in [2.75, 3.05) is 0 Å². The third kappa shape index (κ3) is 2.73. The third-order valence-corrected chi connectivity index (χ3v) is 4.43. The van der Waals surface area contributed by atoms with Gasteiger partial charge in [-0.05, 0) is 22.9 Å². The quantitative estimate of drug-likeness (QED) is 0.636. The summed E-state index contributed by atoms with van der Waals surface area (Å²) in [6, 6.07) is 5.59. The number of hydrogen-bond acceptors (Lipinski definition) is 5. The van der Waals surface area contributed by atoms with Gasteiger partial charge in [0, 0.05) is 12.6 Å². The average molecular weight is 240 g/mol. The summed E-state index contributed by atoms with van der Waals surface area (Å²) in [4.78, 5) is 26.2. The topological polar surface area (TPSA) is 59.1 Å². The normalized spacial score (nSPS) is 20.4. The van der Waals surface area contributed by atoms with Crippen molar-refractivity contribution in [3.8, 4) is 0 Å². The summed E-state index contributed by atoms with van der Waals surface area (Å²) in [6.07, 6.45) is 1.96. The van der Waals surface area contributed by atoms with Gasteiger partial charge < -0.3 is 0 Å². The lowest BCUT2D eigenvalue weighted by atomic mass is 10.4. The van der Waals surface area contributed by atoms with Crippen molar-refractivity contribution < 1.29 is 9.59 Å². The molecule has 1 fully saturated rings. The second-order valence-corrected chi connectivity index (χ2v) is 5.38. The molecule has 15 heavy (non-hydrogen) atoms. The van der Waals surface area contributed by atoms with Crippen molar-refractivity contribution in [1.82, 2.24) is 10.3 Å². The van der Waals surface area contributed by atoms with Gasteiger partial charge in [-0.2, -0.15) is 0 Å². The van der Waals surface area contributed by atoms with Crippen LogP contribution in [0.3, 0.4) is 0 Å². The monoisotopic (exact) mass is 240 g/mol. The highest BCUT2D eigenvalue weighted by atomic mass is 33.1. The average Bonchev–Trinajstić information content (AvgIpc) is 2.56. The zero-order chi connectivity index (χ0) is 10.7. The van der Waals surface area contributed by atoms with E-state index >= 15 is 0 Å². The highest BCUT2D eigenvalue weighted by molar-refractivity contribution is 8.77. The lowest BCUT2D eigenvalue weighted by Gasteiger charge is -2.03. The predicted molar refractivity (Wildman–Crippen MR) is 59.2 cm³/mol. The van der Waals surface area contributed by atoms with Crippen LogP contribution in [-0.4, -0.2) is 22.0 Å². The Kier molecular flexibility index (Phi) is 3.27. The molecule has 1 saturated heterocycles. The number of amides is 2. The summed E-state index contributed by atoms with van der Waals surface area (Å²) in [6.45, 7) is 0. The Morgan fingerprint density at radius 3 is 2.87 bits per heavy atom. The molecule has 1 N–H and O–H groups in total. The van der Waals surface area contributed by atoms with Gasteiger partial charge in [0.05, 0.1) is 0 Å². The van der Waals surface area contributed by atoms with Gasteiger partial charge in [-0.1, -0.05) is 16.9 Å². The van der Waals surface area contributed by atoms with Gasteiger partial charge in [-0.3, -0.25) is 14.9 Å². The van der Waals surface area contributed by atoms with Crippen LogP contribution >= 0.6 is 21.6 Å². The second kappa shape index (κ2) is 4.67. The molecule has 2 heterocycles. The van der Waals surface area contributed by atoms with Crippen LogP contribution < -0.4 is 5.32 Å². The van der Waals surface area contributed by atoms with Crippen LogP contribution in [0.4, 0.5) is 0 Å². The maximum atomic E-state index is 11.2. The smallest absolute Gasteiger partial charge is 0.241 e. The van der Waals surface area contributed by atoms with Crippen molar-refractivity contribution in [2.24, 2.45) is 0 Å². The van der Waals surface area contributed by atoms with Gasteiger partial charge >= 0.3 is 0 Å². The number of nitrogens with zero attached hydrogens (tertiary/aromatic N) is 1. The maximum Gasteiger partial charge on any atom is 0.241 e. The molecule has 1 aliphatic heterocycles. The fourth-order valence-corrected chi connectivity index (χ4v) is 3.34. The van der Waals surface area contributed by atoms with E-state index in [0.29, 0.717) is 0 Å². The Morgan fingerprint density at radius 1 is 1.40 bits per heavy atom. The molecule has 2 amide bonds. The van der Waals surface area contributed by atoms with Crippen LogP contribution in [0.15, 0.2) is 29.4 Å². The molecule has 2 rings (SSSR count). The Morgan fingerprint density at radius 2 is 2.27 bits per heavy atom. The molecule has 0 spiro atoms. The van der Waals surface area contributed by atoms with E-state index in [2.05, 4.69) is 10.3 Å². The number of imide groups is 1. The van der Waals surface area contributed by atoms with E-state index in [0.717, 1.165) is 5.03 Å². The van der Waals surface area contributed by atoms with Gasteiger partial charge in [-0.15, -0.1) is 0 Å². The number of pyridine rings is 1. The van der Waals surface area contributed by atoms with E-state index in [1.165, 1.54) is 21.6 Å². The minimum atomic E-state index is -0.287. The molecule has 78 valence electrons. The maximum absolute atomic E-state index is 11.2. The van der Waals surface area contributed by atoms with E-state index < -0.39 is 0 Å². The molecule has 1 atom stereocenters. The lowest BCUT2D eigenvalue weighted by Crippen LogP contribution is -2.22. The number of hydrogen-bond donors (Lipinski definition) is 1. The summed E-state index contributed by atoms with van der Waals surface area (Å²) >= 11 is 0. The Bertz CT molecular complexity index is 383. The SMILES string of the molecule is O=C1CC(SSc2ccccn2)C(=O)N1. The first-order valence-electron chi connectivity index (χ1n) is 4.34. The van der Waals surface area contributed by atoms with Crippen LogP contribution in [0, 0.1) is 0 Å². The molecule has 0 bridgehead atoms. The predicted octanol–water partition coefficient (Wildman–Crippen LogP) is 1.24. The third-order valence-electron chi connectivity index (χ3n) is 1.81. The van der Waals surface area contributed by atoms with Crippen molar-refractivity contribution in [2.45, 2.75) is 16.7 Å². The number of rotatable bonds is 3. The van der Waals surface area contributed by atoms with Gasteiger partial charge in [0.25, 0.3) is 0 Å². The first-order valence-corrected chi connectivity index (χ1v) is 6.55. The first kappa shape index (κ1) is 10.5. The molecule has 6 heteroatoms. The van der Waals surface area contributed by atoms with E-state index in [1.54, 1.807) is 6.20 Å². The van der Waals surface area contributed by atoms with E-state index in [1.807, 2.05) is 18.2 Å². The van der Waals surface area contributed by atoms with E-state index in [9.17, 15) is 9.59 Å². The molecule has 0 aromatic carbocycles. The van der Waals surface area contributed by atoms with Gasteiger partial charge in [0.1, 0.15) is 10.3 Å². The molecule has 0 aliphatic carbocycles. The zero-order valence-electron chi connectivity index (χ0n) is 7.67. The van der Waals surface area contributed by atoms with Crippen LogP contribution in [0.5, 0.6) is 0 Å². The largest absolute Gasteiger partial charge is 0.295 e. The number of carbonyl (C=O) groups excluding carboxylic acids is 2. The molecule has 1 unspecified atom stereocenters. The zero-order valence-corrected chi connectivity index (χ0v) is 9.31. The second-order valence-electron chi connectivity index (χ2n) is 2.95. The van der Waals surface area contributed by atoms with Gasteiger partial charge in [-0.25, -0.2) is 4.98 Å². The first-order chi connectivity index (χ1) is 7.25. The highest BCUT2D eigenvalue weighted by Crippen LogP contribution is 2.35. The van der Waals surface area contributed by atoms with Gasteiger partial charge in [0.15, 0.2) is 0 Å². The molecule has 0 saturated carbocycles. The lowest BCUT2D eigenvalue weighted by molar-refractivity contribution is -0.124. The number of carbonyl (C=O) groups is 2. The standard InChI is InChI=1S/C9H8N2O2S2/c12-7-5-6(9(13)11-7)14-15-8-3-1-2-4-10-8/h1-4,6H,5H2,(H,11,12,13). The van der Waals surface area contributed by atoms with Crippen molar-refractivity contribution in [3.63, 3.8) is 0 Å². The van der Waals surface area contributed by atoms with Crippen molar-refractivity contribution >= 4 is 33.4 Å². The van der Waals surface area contributed by atoms with E-state index in [4.69, 9.17) is 0 Å². The van der Waals surface area contributed by atoms with Crippen LogP contribution in [0.25, 0.3) is 0 Å². The highest BCUT2D eigenvalue weighted by Gasteiger charge is 2.31. The molecule has 4 nitrogen and oxygen atoms in total. The van der Waals surface area contributed by atoms with Gasteiger partial charge in [0.2, 0.25) is 11.8 Å². The Balaban J connectivity index is 1.89. The molecular weight excluding hydrogens is 232 g/mol. The summed E-state index contributed by atoms with van der Waals surface area (Å²) in [5, 5.41) is 2.83. The Labute approximate surface area is 94.6 Å². The molecule has 1 aromatic rings. The number of aromatic nitrogens is 1. The summed E-state index contributed by atoms with van der Waals surface area (Å²) in [5.41, 5.74) is 0. The summed E-state index contributed by atoms with van der Waals surface area (Å²) in [7, 11) is 2.79. The molecular formula is C9H8N2O2S2. The van der Waals surface area contributed by atoms with Crippen LogP contribution in [-0.2, 0) is 9.59 Å². The fourth-order valence-electron chi connectivity index (χ4n) is 1.11. The fraction of sp³-hybridized carbons (Fsp3) is 0.222. The van der Waals surface area contributed by atoms with Crippen molar-refractivity contribution in [1.29, 1.82) is 0 Å². The molecule has 1 aliphatic rings.